The van der Waals surface area contributed by atoms with Crippen LogP contribution >= 0.6 is 0 Å². The van der Waals surface area contributed by atoms with Crippen molar-refractivity contribution in [3.8, 4) is 0 Å². The lowest BCUT2D eigenvalue weighted by atomic mass is 10.1. The minimum Gasteiger partial charge on any atom is -0.274 e. The van der Waals surface area contributed by atoms with E-state index in [4.69, 9.17) is 0 Å². The van der Waals surface area contributed by atoms with E-state index < -0.39 is 5.54 Å². The normalized spacial score (nSPS) is 20.2. The van der Waals surface area contributed by atoms with Gasteiger partial charge in [0.05, 0.1) is 5.54 Å². The van der Waals surface area contributed by atoms with Crippen LogP contribution in [0.2, 0.25) is 0 Å². The lowest BCUT2D eigenvalue weighted by Gasteiger charge is -2.28. The van der Waals surface area contributed by atoms with E-state index in [1.54, 1.807) is 13.0 Å². The Morgan fingerprint density at radius 1 is 1.58 bits per heavy atom. The molecule has 2 amide bonds. The molecule has 3 heteroatoms. The predicted octanol–water partition coefficient (Wildman–Crippen LogP) is 1.10. The van der Waals surface area contributed by atoms with Gasteiger partial charge >= 0.3 is 0 Å². The molecule has 0 radical (unpaired) electrons. The van der Waals surface area contributed by atoms with Crippen molar-refractivity contribution in [2.24, 2.45) is 0 Å². The van der Waals surface area contributed by atoms with Gasteiger partial charge < -0.3 is 0 Å². The molecule has 0 aromatic heterocycles. The summed E-state index contributed by atoms with van der Waals surface area (Å²) < 4.78 is 0. The molecule has 0 atom stereocenters. The number of imide groups is 1. The molecule has 0 spiro atoms. The number of amides is 2. The lowest BCUT2D eigenvalue weighted by Crippen LogP contribution is -2.45. The Morgan fingerprint density at radius 2 is 2.17 bits per heavy atom. The molecule has 0 saturated carbocycles. The Balaban J connectivity index is 2.90. The van der Waals surface area contributed by atoms with Crippen molar-refractivity contribution < 1.29 is 9.59 Å². The summed E-state index contributed by atoms with van der Waals surface area (Å²) in [6.07, 6.45) is 3.58. The highest BCUT2D eigenvalue weighted by atomic mass is 16.2. The second kappa shape index (κ2) is 2.73. The molecule has 1 rings (SSSR count). The van der Waals surface area contributed by atoms with Crippen molar-refractivity contribution in [1.82, 2.24) is 4.90 Å². The van der Waals surface area contributed by atoms with E-state index in [9.17, 15) is 9.59 Å². The molecule has 0 aromatic rings. The largest absolute Gasteiger partial charge is 0.274 e. The summed E-state index contributed by atoms with van der Waals surface area (Å²) in [5, 5.41) is 0. The maximum Gasteiger partial charge on any atom is 0.253 e. The first-order valence-corrected chi connectivity index (χ1v) is 4.05. The Morgan fingerprint density at radius 3 is 2.50 bits per heavy atom. The van der Waals surface area contributed by atoms with Crippen LogP contribution in [0.3, 0.4) is 0 Å². The second-order valence-corrected chi connectivity index (χ2v) is 3.41. The van der Waals surface area contributed by atoms with Crippen LogP contribution < -0.4 is 0 Å². The Hall–Kier alpha value is -1.12. The van der Waals surface area contributed by atoms with Crippen LogP contribution in [-0.2, 0) is 9.59 Å². The molecule has 0 fully saturated rings. The number of rotatable bonds is 1. The first kappa shape index (κ1) is 8.97. The molecule has 12 heavy (non-hydrogen) atoms. The third-order valence-corrected chi connectivity index (χ3v) is 1.98. The van der Waals surface area contributed by atoms with Crippen LogP contribution in [0, 0.1) is 0 Å². The summed E-state index contributed by atoms with van der Waals surface area (Å²) in [6, 6.07) is 0. The Kier molecular flexibility index (Phi) is 2.04. The van der Waals surface area contributed by atoms with Crippen molar-refractivity contribution in [2.45, 2.75) is 32.7 Å². The summed E-state index contributed by atoms with van der Waals surface area (Å²) in [7, 11) is 0. The fourth-order valence-corrected chi connectivity index (χ4v) is 1.31. The van der Waals surface area contributed by atoms with Crippen LogP contribution in [0.15, 0.2) is 12.2 Å². The van der Waals surface area contributed by atoms with E-state index in [2.05, 4.69) is 0 Å². The summed E-state index contributed by atoms with van der Waals surface area (Å²) in [5.74, 6) is -0.318. The maximum atomic E-state index is 11.3. The zero-order valence-corrected chi connectivity index (χ0v) is 7.63. The summed E-state index contributed by atoms with van der Waals surface area (Å²) in [4.78, 5) is 23.8. The predicted molar refractivity (Wildman–Crippen MR) is 45.4 cm³/mol. The third-order valence-electron chi connectivity index (χ3n) is 1.98. The van der Waals surface area contributed by atoms with Gasteiger partial charge in [-0.3, -0.25) is 14.5 Å². The van der Waals surface area contributed by atoms with Gasteiger partial charge in [-0.1, -0.05) is 13.0 Å². The molecule has 1 aliphatic rings. The zero-order valence-electron chi connectivity index (χ0n) is 7.63. The smallest absolute Gasteiger partial charge is 0.253 e. The second-order valence-electron chi connectivity index (χ2n) is 3.41. The highest BCUT2D eigenvalue weighted by molar-refractivity contribution is 6.04. The number of nitrogens with zero attached hydrogens (tertiary/aromatic N) is 1. The average Bonchev–Trinajstić information content (AvgIpc) is 2.25. The van der Waals surface area contributed by atoms with Gasteiger partial charge in [-0.25, -0.2) is 0 Å². The first-order chi connectivity index (χ1) is 5.49. The van der Waals surface area contributed by atoms with Crippen LogP contribution in [0.4, 0.5) is 0 Å². The molecular formula is C9H13NO2. The zero-order chi connectivity index (χ0) is 9.35. The molecule has 66 valence electrons. The number of carbonyl (C=O) groups excluding carboxylic acids is 2. The summed E-state index contributed by atoms with van der Waals surface area (Å²) >= 11 is 0. The van der Waals surface area contributed by atoms with Crippen LogP contribution in [-0.4, -0.2) is 22.3 Å². The van der Waals surface area contributed by atoms with Crippen molar-refractivity contribution in [1.29, 1.82) is 0 Å². The minimum atomic E-state index is -0.440. The molecule has 0 bridgehead atoms. The van der Waals surface area contributed by atoms with Crippen LogP contribution in [0.5, 0.6) is 0 Å². The van der Waals surface area contributed by atoms with Gasteiger partial charge in [-0.15, -0.1) is 0 Å². The molecule has 0 saturated heterocycles. The van der Waals surface area contributed by atoms with Gasteiger partial charge in [-0.2, -0.15) is 0 Å². The Bertz CT molecular complexity index is 253. The molecule has 1 heterocycles. The average molecular weight is 167 g/mol. The van der Waals surface area contributed by atoms with Gasteiger partial charge in [0.2, 0.25) is 5.91 Å². The van der Waals surface area contributed by atoms with Gasteiger partial charge in [0.1, 0.15) is 0 Å². The number of hydrogen-bond acceptors (Lipinski definition) is 2. The topological polar surface area (TPSA) is 37.4 Å². The number of hydrogen-bond donors (Lipinski definition) is 0. The van der Waals surface area contributed by atoms with Crippen molar-refractivity contribution in [3.05, 3.63) is 12.2 Å². The van der Waals surface area contributed by atoms with Crippen LogP contribution in [0.1, 0.15) is 27.2 Å². The van der Waals surface area contributed by atoms with Gasteiger partial charge in [0, 0.05) is 12.5 Å². The number of carbonyl (C=O) groups is 2. The first-order valence-electron chi connectivity index (χ1n) is 4.05. The monoisotopic (exact) mass is 167 g/mol. The molecule has 0 unspecified atom stereocenters. The molecular weight excluding hydrogens is 154 g/mol. The maximum absolute atomic E-state index is 11.3. The fourth-order valence-electron chi connectivity index (χ4n) is 1.31. The minimum absolute atomic E-state index is 0.116. The fraction of sp³-hybridized carbons (Fsp3) is 0.556. The highest BCUT2D eigenvalue weighted by Crippen LogP contribution is 2.23. The molecule has 0 aliphatic carbocycles. The lowest BCUT2D eigenvalue weighted by molar-refractivity contribution is -0.144. The van der Waals surface area contributed by atoms with Gasteiger partial charge in [0.15, 0.2) is 0 Å². The van der Waals surface area contributed by atoms with E-state index in [0.717, 1.165) is 0 Å². The SMILES string of the molecule is CCC(=O)N1C(=O)C=CC1(C)C. The van der Waals surface area contributed by atoms with E-state index in [-0.39, 0.29) is 11.8 Å². The third kappa shape index (κ3) is 1.26. The van der Waals surface area contributed by atoms with E-state index in [1.165, 1.54) is 11.0 Å². The molecule has 0 aromatic carbocycles. The molecule has 1 aliphatic heterocycles. The Labute approximate surface area is 72.0 Å². The van der Waals surface area contributed by atoms with E-state index in [0.29, 0.717) is 6.42 Å². The van der Waals surface area contributed by atoms with Crippen molar-refractivity contribution >= 4 is 11.8 Å². The molecule has 3 nitrogen and oxygen atoms in total. The van der Waals surface area contributed by atoms with Crippen LogP contribution in [0.25, 0.3) is 0 Å². The quantitative estimate of drug-likeness (QED) is 0.586. The van der Waals surface area contributed by atoms with Crippen molar-refractivity contribution in [3.63, 3.8) is 0 Å². The highest BCUT2D eigenvalue weighted by Gasteiger charge is 2.36. The van der Waals surface area contributed by atoms with Crippen molar-refractivity contribution in [2.75, 3.05) is 0 Å². The standard InChI is InChI=1S/C9H13NO2/c1-4-7(11)10-8(12)5-6-9(10,2)3/h5-6H,4H2,1-3H3. The van der Waals surface area contributed by atoms with E-state index >= 15 is 0 Å². The molecule has 0 N–H and O–H groups in total. The summed E-state index contributed by atoms with van der Waals surface area (Å²) in [5.41, 5.74) is -0.440. The van der Waals surface area contributed by atoms with Gasteiger partial charge in [-0.05, 0) is 13.8 Å². The van der Waals surface area contributed by atoms with Gasteiger partial charge in [0.25, 0.3) is 5.91 Å². The summed E-state index contributed by atoms with van der Waals surface area (Å²) in [6.45, 7) is 5.45. The van der Waals surface area contributed by atoms with E-state index in [1.807, 2.05) is 13.8 Å².